The van der Waals surface area contributed by atoms with Gasteiger partial charge >= 0.3 is 0 Å². The van der Waals surface area contributed by atoms with E-state index in [1.807, 2.05) is 60.7 Å². The standard InChI is InChI=1S/C28H27NO/c30-28(26-19-11-4-12-20-26)27(25-17-9-3-10-18-25)29(21-23-13-5-1-6-14-23)22-24-15-7-2-8-16-24/h1-20,27-28,30H,21-22H2/t27-,28-/m1/s1. The van der Waals surface area contributed by atoms with Crippen molar-refractivity contribution >= 4 is 0 Å². The number of benzene rings is 4. The van der Waals surface area contributed by atoms with Gasteiger partial charge in [0.15, 0.2) is 0 Å². The maximum Gasteiger partial charge on any atom is 0.0987 e. The summed E-state index contributed by atoms with van der Waals surface area (Å²) in [5, 5.41) is 11.5. The average molecular weight is 394 g/mol. The van der Waals surface area contributed by atoms with Gasteiger partial charge in [0, 0.05) is 13.1 Å². The van der Waals surface area contributed by atoms with E-state index in [1.54, 1.807) is 0 Å². The lowest BCUT2D eigenvalue weighted by molar-refractivity contribution is 0.0372. The van der Waals surface area contributed by atoms with E-state index in [0.717, 1.165) is 24.2 Å². The van der Waals surface area contributed by atoms with Gasteiger partial charge in [-0.05, 0) is 22.3 Å². The van der Waals surface area contributed by atoms with Crippen LogP contribution in [-0.4, -0.2) is 10.0 Å². The first kappa shape index (κ1) is 20.1. The van der Waals surface area contributed by atoms with Crippen LogP contribution in [0.25, 0.3) is 0 Å². The predicted octanol–water partition coefficient (Wildman–Crippen LogP) is 6.16. The van der Waals surface area contributed by atoms with Gasteiger partial charge in [-0.3, -0.25) is 4.90 Å². The normalized spacial score (nSPS) is 13.1. The molecule has 30 heavy (non-hydrogen) atoms. The molecule has 4 aromatic rings. The third-order valence-corrected chi connectivity index (χ3v) is 5.43. The molecule has 0 fully saturated rings. The van der Waals surface area contributed by atoms with Crippen molar-refractivity contribution in [3.05, 3.63) is 144 Å². The molecule has 0 radical (unpaired) electrons. The zero-order chi connectivity index (χ0) is 20.6. The van der Waals surface area contributed by atoms with Crippen molar-refractivity contribution in [1.82, 2.24) is 4.90 Å². The quantitative estimate of drug-likeness (QED) is 0.387. The van der Waals surface area contributed by atoms with E-state index in [0.29, 0.717) is 0 Å². The van der Waals surface area contributed by atoms with Crippen LogP contribution in [0.1, 0.15) is 34.4 Å². The van der Waals surface area contributed by atoms with Crippen molar-refractivity contribution in [2.75, 3.05) is 0 Å². The lowest BCUT2D eigenvalue weighted by Crippen LogP contribution is -2.32. The Morgan fingerprint density at radius 3 is 1.30 bits per heavy atom. The molecule has 0 aliphatic heterocycles. The van der Waals surface area contributed by atoms with Gasteiger partial charge in [0.2, 0.25) is 0 Å². The number of aliphatic hydroxyl groups is 1. The molecule has 1 N–H and O–H groups in total. The zero-order valence-electron chi connectivity index (χ0n) is 17.0. The molecule has 0 spiro atoms. The molecule has 2 nitrogen and oxygen atoms in total. The summed E-state index contributed by atoms with van der Waals surface area (Å²) >= 11 is 0. The molecule has 0 unspecified atom stereocenters. The van der Waals surface area contributed by atoms with Crippen LogP contribution in [-0.2, 0) is 13.1 Å². The molecular formula is C28H27NO. The van der Waals surface area contributed by atoms with Gasteiger partial charge in [0.1, 0.15) is 0 Å². The van der Waals surface area contributed by atoms with Crippen molar-refractivity contribution < 1.29 is 5.11 Å². The monoisotopic (exact) mass is 393 g/mol. The van der Waals surface area contributed by atoms with Crippen LogP contribution in [0.3, 0.4) is 0 Å². The van der Waals surface area contributed by atoms with Crippen molar-refractivity contribution in [1.29, 1.82) is 0 Å². The average Bonchev–Trinajstić information content (AvgIpc) is 2.82. The third kappa shape index (κ3) is 5.04. The summed E-state index contributed by atoms with van der Waals surface area (Å²) in [4.78, 5) is 2.37. The summed E-state index contributed by atoms with van der Waals surface area (Å²) in [6.45, 7) is 1.50. The van der Waals surface area contributed by atoms with E-state index in [1.165, 1.54) is 11.1 Å². The van der Waals surface area contributed by atoms with E-state index >= 15 is 0 Å². The Morgan fingerprint density at radius 2 is 0.867 bits per heavy atom. The highest BCUT2D eigenvalue weighted by molar-refractivity contribution is 5.28. The molecule has 0 heterocycles. The van der Waals surface area contributed by atoms with E-state index in [9.17, 15) is 5.11 Å². The fourth-order valence-corrected chi connectivity index (χ4v) is 3.96. The molecule has 0 aliphatic carbocycles. The highest BCUT2D eigenvalue weighted by Crippen LogP contribution is 2.36. The van der Waals surface area contributed by atoms with Crippen LogP contribution in [0, 0.1) is 0 Å². The zero-order valence-corrected chi connectivity index (χ0v) is 17.0. The molecule has 4 aromatic carbocycles. The molecule has 0 bridgehead atoms. The SMILES string of the molecule is O[C@H](c1ccccc1)[C@@H](c1ccccc1)N(Cc1ccccc1)Cc1ccccc1. The van der Waals surface area contributed by atoms with Crippen LogP contribution in [0.4, 0.5) is 0 Å². The van der Waals surface area contributed by atoms with E-state index in [-0.39, 0.29) is 6.04 Å². The summed E-state index contributed by atoms with van der Waals surface area (Å²) in [5.41, 5.74) is 4.50. The van der Waals surface area contributed by atoms with Crippen LogP contribution in [0.15, 0.2) is 121 Å². The topological polar surface area (TPSA) is 23.5 Å². The van der Waals surface area contributed by atoms with Gasteiger partial charge < -0.3 is 5.11 Å². The molecule has 0 amide bonds. The highest BCUT2D eigenvalue weighted by atomic mass is 16.3. The fourth-order valence-electron chi connectivity index (χ4n) is 3.96. The minimum absolute atomic E-state index is 0.172. The maximum absolute atomic E-state index is 11.5. The Balaban J connectivity index is 1.75. The first-order valence-corrected chi connectivity index (χ1v) is 10.4. The second kappa shape index (κ2) is 10.0. The van der Waals surface area contributed by atoms with Crippen molar-refractivity contribution in [3.63, 3.8) is 0 Å². The Labute approximate surface area is 179 Å². The molecule has 2 atom stereocenters. The molecule has 150 valence electrons. The highest BCUT2D eigenvalue weighted by Gasteiger charge is 2.29. The summed E-state index contributed by atoms with van der Waals surface area (Å²) in [5.74, 6) is 0. The Morgan fingerprint density at radius 1 is 0.500 bits per heavy atom. The van der Waals surface area contributed by atoms with Gasteiger partial charge in [-0.1, -0.05) is 121 Å². The molecule has 0 aromatic heterocycles. The van der Waals surface area contributed by atoms with Crippen LogP contribution in [0.2, 0.25) is 0 Å². The van der Waals surface area contributed by atoms with E-state index < -0.39 is 6.10 Å². The Bertz CT molecular complexity index is 962. The summed E-state index contributed by atoms with van der Waals surface area (Å²) in [7, 11) is 0. The first-order valence-electron chi connectivity index (χ1n) is 10.4. The molecule has 2 heteroatoms. The molecule has 0 aliphatic rings. The molecular weight excluding hydrogens is 366 g/mol. The van der Waals surface area contributed by atoms with Crippen molar-refractivity contribution in [2.45, 2.75) is 25.2 Å². The second-order valence-electron chi connectivity index (χ2n) is 7.59. The molecule has 0 saturated heterocycles. The molecule has 0 saturated carbocycles. The smallest absolute Gasteiger partial charge is 0.0987 e. The van der Waals surface area contributed by atoms with Crippen LogP contribution in [0.5, 0.6) is 0 Å². The lowest BCUT2D eigenvalue weighted by atomic mass is 9.93. The Kier molecular flexibility index (Phi) is 6.71. The predicted molar refractivity (Wildman–Crippen MR) is 123 cm³/mol. The second-order valence-corrected chi connectivity index (χ2v) is 7.59. The van der Waals surface area contributed by atoms with E-state index in [2.05, 4.69) is 65.6 Å². The van der Waals surface area contributed by atoms with Crippen molar-refractivity contribution in [2.24, 2.45) is 0 Å². The number of hydrogen-bond donors (Lipinski definition) is 1. The minimum Gasteiger partial charge on any atom is -0.386 e. The van der Waals surface area contributed by atoms with Gasteiger partial charge in [-0.15, -0.1) is 0 Å². The summed E-state index contributed by atoms with van der Waals surface area (Å²) in [6.07, 6.45) is -0.638. The molecule has 4 rings (SSSR count). The number of hydrogen-bond acceptors (Lipinski definition) is 2. The minimum atomic E-state index is -0.638. The van der Waals surface area contributed by atoms with Gasteiger partial charge in [-0.2, -0.15) is 0 Å². The Hall–Kier alpha value is -3.20. The number of rotatable bonds is 8. The first-order chi connectivity index (χ1) is 14.8. The lowest BCUT2D eigenvalue weighted by Gasteiger charge is -2.36. The van der Waals surface area contributed by atoms with Crippen molar-refractivity contribution in [3.8, 4) is 0 Å². The summed E-state index contributed by atoms with van der Waals surface area (Å²) < 4.78 is 0. The van der Waals surface area contributed by atoms with Crippen LogP contribution < -0.4 is 0 Å². The number of nitrogens with zero attached hydrogens (tertiary/aromatic N) is 1. The van der Waals surface area contributed by atoms with Gasteiger partial charge in [0.05, 0.1) is 12.1 Å². The van der Waals surface area contributed by atoms with Gasteiger partial charge in [0.25, 0.3) is 0 Å². The van der Waals surface area contributed by atoms with Crippen LogP contribution >= 0.6 is 0 Å². The summed E-state index contributed by atoms with van der Waals surface area (Å²) in [6, 6.07) is 41.1. The fraction of sp³-hybridized carbons (Fsp3) is 0.143. The third-order valence-electron chi connectivity index (χ3n) is 5.43. The number of aliphatic hydroxyl groups excluding tert-OH is 1. The largest absolute Gasteiger partial charge is 0.386 e. The maximum atomic E-state index is 11.5. The van der Waals surface area contributed by atoms with Gasteiger partial charge in [-0.25, -0.2) is 0 Å². The van der Waals surface area contributed by atoms with E-state index in [4.69, 9.17) is 0 Å².